The van der Waals surface area contributed by atoms with Gasteiger partial charge in [0.2, 0.25) is 5.43 Å². The first-order valence-corrected chi connectivity index (χ1v) is 7.66. The Hall–Kier alpha value is -3.00. The van der Waals surface area contributed by atoms with E-state index >= 15 is 0 Å². The minimum absolute atomic E-state index is 0.0322. The summed E-state index contributed by atoms with van der Waals surface area (Å²) >= 11 is 0. The largest absolute Gasteiger partial charge is 0.477 e. The number of fused-ring (bicyclic) bond motifs is 2. The molecule has 2 aromatic rings. The molecule has 0 spiro atoms. The lowest BCUT2D eigenvalue weighted by Crippen LogP contribution is -2.46. The highest BCUT2D eigenvalue weighted by atomic mass is 19.1. The van der Waals surface area contributed by atoms with Gasteiger partial charge >= 0.3 is 5.97 Å². The first kappa shape index (κ1) is 15.5. The summed E-state index contributed by atoms with van der Waals surface area (Å²) in [4.78, 5) is 38.5. The molecule has 0 radical (unpaired) electrons. The van der Waals surface area contributed by atoms with Crippen LogP contribution in [0.3, 0.4) is 0 Å². The molecular formula is C17H13FN2O5. The van der Waals surface area contributed by atoms with Crippen LogP contribution < -0.4 is 5.43 Å². The summed E-state index contributed by atoms with van der Waals surface area (Å²) < 4.78 is 20.2. The number of hydrogen-bond donors (Lipinski definition) is 1. The molecule has 1 saturated heterocycles. The number of nitrogens with zero attached hydrogens (tertiary/aromatic N) is 2. The van der Waals surface area contributed by atoms with E-state index < -0.39 is 34.9 Å². The highest BCUT2D eigenvalue weighted by molar-refractivity contribution is 6.01. The second kappa shape index (κ2) is 5.52. The van der Waals surface area contributed by atoms with E-state index in [0.717, 1.165) is 12.1 Å². The van der Waals surface area contributed by atoms with Crippen molar-refractivity contribution >= 4 is 11.9 Å². The quantitative estimate of drug-likeness (QED) is 0.883. The highest BCUT2D eigenvalue weighted by Gasteiger charge is 2.39. The van der Waals surface area contributed by atoms with Crippen LogP contribution in [0.4, 0.5) is 4.39 Å². The van der Waals surface area contributed by atoms with Crippen LogP contribution in [0.5, 0.6) is 0 Å². The third-order valence-electron chi connectivity index (χ3n) is 4.45. The number of aromatic nitrogens is 1. The zero-order valence-electron chi connectivity index (χ0n) is 12.9. The summed E-state index contributed by atoms with van der Waals surface area (Å²) in [6.07, 6.45) is 0.689. The van der Waals surface area contributed by atoms with Gasteiger partial charge in [0.15, 0.2) is 6.23 Å². The summed E-state index contributed by atoms with van der Waals surface area (Å²) in [6, 6.07) is 5.04. The molecule has 25 heavy (non-hydrogen) atoms. The fourth-order valence-electron chi connectivity index (χ4n) is 3.28. The maximum absolute atomic E-state index is 13.2. The van der Waals surface area contributed by atoms with Gasteiger partial charge in [-0.3, -0.25) is 9.59 Å². The van der Waals surface area contributed by atoms with Gasteiger partial charge in [0.05, 0.1) is 18.7 Å². The number of halogens is 1. The Morgan fingerprint density at radius 1 is 1.24 bits per heavy atom. The van der Waals surface area contributed by atoms with E-state index in [1.165, 1.54) is 27.8 Å². The first-order valence-electron chi connectivity index (χ1n) is 7.66. The van der Waals surface area contributed by atoms with Crippen molar-refractivity contribution in [3.05, 3.63) is 57.8 Å². The summed E-state index contributed by atoms with van der Waals surface area (Å²) in [5.74, 6) is -2.28. The summed E-state index contributed by atoms with van der Waals surface area (Å²) in [6.45, 7) is 1.02. The Kier molecular flexibility index (Phi) is 3.43. The van der Waals surface area contributed by atoms with Crippen LogP contribution in [-0.2, 0) is 11.3 Å². The molecule has 1 fully saturated rings. The third-order valence-corrected chi connectivity index (χ3v) is 4.45. The molecule has 2 aliphatic heterocycles. The lowest BCUT2D eigenvalue weighted by atomic mass is 9.98. The molecule has 128 valence electrons. The molecular weight excluding hydrogens is 331 g/mol. The monoisotopic (exact) mass is 344 g/mol. The third kappa shape index (κ3) is 2.33. The number of carbonyl (C=O) groups excluding carboxylic acids is 1. The minimum Gasteiger partial charge on any atom is -0.477 e. The predicted molar refractivity (Wildman–Crippen MR) is 83.8 cm³/mol. The molecule has 8 heteroatoms. The van der Waals surface area contributed by atoms with E-state index in [2.05, 4.69) is 0 Å². The number of carbonyl (C=O) groups is 2. The van der Waals surface area contributed by atoms with Crippen LogP contribution in [0, 0.1) is 5.82 Å². The van der Waals surface area contributed by atoms with Gasteiger partial charge in [0.1, 0.15) is 17.1 Å². The zero-order chi connectivity index (χ0) is 17.7. The predicted octanol–water partition coefficient (Wildman–Crippen LogP) is 1.16. The first-order chi connectivity index (χ1) is 12.0. The maximum Gasteiger partial charge on any atom is 0.341 e. The molecule has 1 N–H and O–H groups in total. The molecule has 0 aliphatic carbocycles. The van der Waals surface area contributed by atoms with Gasteiger partial charge in [-0.25, -0.2) is 9.18 Å². The molecule has 7 nitrogen and oxygen atoms in total. The van der Waals surface area contributed by atoms with Crippen molar-refractivity contribution in [3.63, 3.8) is 0 Å². The van der Waals surface area contributed by atoms with Gasteiger partial charge in [-0.15, -0.1) is 0 Å². The Labute approximate surface area is 140 Å². The number of benzene rings is 1. The van der Waals surface area contributed by atoms with E-state index in [1.54, 1.807) is 0 Å². The lowest BCUT2D eigenvalue weighted by molar-refractivity contribution is 0.00900. The molecule has 2 aliphatic rings. The fourth-order valence-corrected chi connectivity index (χ4v) is 3.28. The van der Waals surface area contributed by atoms with Crippen molar-refractivity contribution in [1.29, 1.82) is 0 Å². The standard InChI is InChI=1S/C17H13FN2O5/c18-10-3-1-9(2-4-10)13-14-16(22)20-5-6-25-12(20)8-19(14)7-11(15(13)21)17(23)24/h1-4,7,12H,5-6,8H2,(H,23,24). The van der Waals surface area contributed by atoms with Crippen LogP contribution in [0.2, 0.25) is 0 Å². The van der Waals surface area contributed by atoms with Gasteiger partial charge in [-0.1, -0.05) is 12.1 Å². The molecule has 1 aromatic carbocycles. The van der Waals surface area contributed by atoms with E-state index in [0.29, 0.717) is 18.7 Å². The Morgan fingerprint density at radius 3 is 2.64 bits per heavy atom. The van der Waals surface area contributed by atoms with Gasteiger partial charge in [-0.05, 0) is 17.7 Å². The zero-order valence-corrected chi connectivity index (χ0v) is 12.9. The average Bonchev–Trinajstić information content (AvgIpc) is 3.05. The molecule has 1 unspecified atom stereocenters. The lowest BCUT2D eigenvalue weighted by Gasteiger charge is -2.32. The van der Waals surface area contributed by atoms with Crippen molar-refractivity contribution in [3.8, 4) is 11.1 Å². The summed E-state index contributed by atoms with van der Waals surface area (Å²) in [7, 11) is 0. The van der Waals surface area contributed by atoms with E-state index in [1.807, 2.05) is 0 Å². The molecule has 1 aromatic heterocycles. The Balaban J connectivity index is 2.02. The van der Waals surface area contributed by atoms with Crippen molar-refractivity contribution in [2.24, 2.45) is 0 Å². The van der Waals surface area contributed by atoms with Crippen LogP contribution in [0.1, 0.15) is 20.8 Å². The molecule has 0 bridgehead atoms. The molecule has 4 rings (SSSR count). The molecule has 1 amide bonds. The topological polar surface area (TPSA) is 88.8 Å². The number of carboxylic acid groups (broad SMARTS) is 1. The average molecular weight is 344 g/mol. The van der Waals surface area contributed by atoms with E-state index in [4.69, 9.17) is 4.74 Å². The number of pyridine rings is 1. The summed E-state index contributed by atoms with van der Waals surface area (Å²) in [5, 5.41) is 9.34. The van der Waals surface area contributed by atoms with Crippen molar-refractivity contribution in [2.75, 3.05) is 13.2 Å². The molecule has 1 atom stereocenters. The highest BCUT2D eigenvalue weighted by Crippen LogP contribution is 2.29. The second-order valence-corrected chi connectivity index (χ2v) is 5.88. The van der Waals surface area contributed by atoms with Crippen molar-refractivity contribution in [1.82, 2.24) is 9.47 Å². The normalized spacial score (nSPS) is 18.8. The van der Waals surface area contributed by atoms with Gasteiger partial charge in [0, 0.05) is 12.7 Å². The number of rotatable bonds is 2. The summed E-state index contributed by atoms with van der Waals surface area (Å²) in [5.41, 5.74) is -0.844. The van der Waals surface area contributed by atoms with Crippen LogP contribution >= 0.6 is 0 Å². The van der Waals surface area contributed by atoms with Crippen LogP contribution in [0.15, 0.2) is 35.3 Å². The Morgan fingerprint density at radius 2 is 1.96 bits per heavy atom. The maximum atomic E-state index is 13.2. The smallest absolute Gasteiger partial charge is 0.341 e. The fraction of sp³-hybridized carbons (Fsp3) is 0.235. The Bertz CT molecular complexity index is 951. The van der Waals surface area contributed by atoms with Crippen LogP contribution in [-0.4, -0.2) is 45.8 Å². The second-order valence-electron chi connectivity index (χ2n) is 5.88. The van der Waals surface area contributed by atoms with E-state index in [9.17, 15) is 23.9 Å². The number of carboxylic acids is 1. The number of aromatic carboxylic acids is 1. The van der Waals surface area contributed by atoms with Crippen LogP contribution in [0.25, 0.3) is 11.1 Å². The number of amides is 1. The SMILES string of the molecule is O=C(O)c1cn2c(c(-c3ccc(F)cc3)c1=O)C(=O)N1CCOC1C2. The van der Waals surface area contributed by atoms with Crippen molar-refractivity contribution < 1.29 is 23.8 Å². The van der Waals surface area contributed by atoms with Crippen molar-refractivity contribution in [2.45, 2.75) is 12.8 Å². The van der Waals surface area contributed by atoms with Gasteiger partial charge in [0.25, 0.3) is 5.91 Å². The van der Waals surface area contributed by atoms with Gasteiger partial charge in [-0.2, -0.15) is 0 Å². The minimum atomic E-state index is -1.38. The molecule has 0 saturated carbocycles. The molecule has 3 heterocycles. The number of hydrogen-bond acceptors (Lipinski definition) is 4. The van der Waals surface area contributed by atoms with Gasteiger partial charge < -0.3 is 19.3 Å². The van der Waals surface area contributed by atoms with E-state index in [-0.39, 0.29) is 17.8 Å². The number of ether oxygens (including phenoxy) is 1.